The van der Waals surface area contributed by atoms with Crippen LogP contribution in [0.5, 0.6) is 0 Å². The maximum absolute atomic E-state index is 11.3. The third-order valence-corrected chi connectivity index (χ3v) is 2.98. The first kappa shape index (κ1) is 17.1. The van der Waals surface area contributed by atoms with Crippen LogP contribution in [0, 0.1) is 5.92 Å². The van der Waals surface area contributed by atoms with Crippen molar-refractivity contribution in [2.45, 2.75) is 72.1 Å². The highest BCUT2D eigenvalue weighted by molar-refractivity contribution is 5.78. The van der Waals surface area contributed by atoms with Crippen LogP contribution in [-0.2, 0) is 9.59 Å². The van der Waals surface area contributed by atoms with Gasteiger partial charge in [0.2, 0.25) is 5.91 Å². The zero-order valence-corrected chi connectivity index (χ0v) is 12.3. The maximum atomic E-state index is 11.3. The van der Waals surface area contributed by atoms with Crippen LogP contribution in [0.15, 0.2) is 0 Å². The molecule has 0 aliphatic heterocycles. The average Bonchev–Trinajstić information content (AvgIpc) is 2.32. The molecule has 0 aromatic rings. The maximum Gasteiger partial charge on any atom is 0.222 e. The van der Waals surface area contributed by atoms with Gasteiger partial charge in [-0.25, -0.2) is 0 Å². The van der Waals surface area contributed by atoms with Crippen LogP contribution in [0.1, 0.15) is 72.1 Å². The molecule has 0 atom stereocenters. The summed E-state index contributed by atoms with van der Waals surface area (Å²) in [5.74, 6) is 0.622. The van der Waals surface area contributed by atoms with Gasteiger partial charge in [0.15, 0.2) is 0 Å². The number of unbranched alkanes of at least 4 members (excludes halogenated alkanes) is 4. The number of nitrogens with one attached hydrogen (secondary N) is 1. The lowest BCUT2D eigenvalue weighted by molar-refractivity contribution is -0.124. The Bertz CT molecular complexity index is 237. The monoisotopic (exact) mass is 255 g/mol. The van der Waals surface area contributed by atoms with Crippen LogP contribution in [0.25, 0.3) is 0 Å². The zero-order valence-electron chi connectivity index (χ0n) is 12.3. The minimum Gasteiger partial charge on any atom is -0.356 e. The van der Waals surface area contributed by atoms with E-state index in [4.69, 9.17) is 0 Å². The Kier molecular flexibility index (Phi) is 10.7. The predicted octanol–water partition coefficient (Wildman–Crippen LogP) is 3.47. The van der Waals surface area contributed by atoms with Crippen molar-refractivity contribution in [3.8, 4) is 0 Å². The lowest BCUT2D eigenvalue weighted by Crippen LogP contribution is -2.28. The first-order chi connectivity index (χ1) is 8.57. The second kappa shape index (κ2) is 11.2. The summed E-state index contributed by atoms with van der Waals surface area (Å²) in [5, 5.41) is 2.91. The normalized spacial score (nSPS) is 10.7. The highest BCUT2D eigenvalue weighted by Crippen LogP contribution is 2.07. The van der Waals surface area contributed by atoms with E-state index in [2.05, 4.69) is 5.32 Å². The third-order valence-electron chi connectivity index (χ3n) is 2.98. The van der Waals surface area contributed by atoms with E-state index in [1.165, 1.54) is 0 Å². The summed E-state index contributed by atoms with van der Waals surface area (Å²) in [7, 11) is 0. The van der Waals surface area contributed by atoms with Gasteiger partial charge in [0.05, 0.1) is 0 Å². The minimum atomic E-state index is 0.0783. The molecule has 0 aromatic carbocycles. The Balaban J connectivity index is 3.21. The van der Waals surface area contributed by atoms with Gasteiger partial charge in [-0.3, -0.25) is 9.59 Å². The Morgan fingerprint density at radius 3 is 2.17 bits per heavy atom. The second-order valence-corrected chi connectivity index (χ2v) is 5.25. The van der Waals surface area contributed by atoms with Gasteiger partial charge < -0.3 is 5.32 Å². The summed E-state index contributed by atoms with van der Waals surface area (Å²) in [4.78, 5) is 22.5. The number of carbonyl (C=O) groups is 2. The summed E-state index contributed by atoms with van der Waals surface area (Å²) < 4.78 is 0. The van der Waals surface area contributed by atoms with Gasteiger partial charge in [-0.15, -0.1) is 0 Å². The van der Waals surface area contributed by atoms with Gasteiger partial charge >= 0.3 is 0 Å². The number of carbonyl (C=O) groups excluding carboxylic acids is 2. The summed E-state index contributed by atoms with van der Waals surface area (Å²) in [6.07, 6.45) is 7.96. The third kappa shape index (κ3) is 10.3. The molecule has 0 radical (unpaired) electrons. The van der Waals surface area contributed by atoms with E-state index in [0.29, 0.717) is 5.78 Å². The van der Waals surface area contributed by atoms with Crippen LogP contribution in [0.3, 0.4) is 0 Å². The van der Waals surface area contributed by atoms with Crippen molar-refractivity contribution in [2.75, 3.05) is 6.54 Å². The van der Waals surface area contributed by atoms with E-state index < -0.39 is 0 Å². The molecule has 1 amide bonds. The molecule has 0 fully saturated rings. The molecule has 106 valence electrons. The van der Waals surface area contributed by atoms with Crippen molar-refractivity contribution < 1.29 is 9.59 Å². The quantitative estimate of drug-likeness (QED) is 0.575. The fourth-order valence-electron chi connectivity index (χ4n) is 1.80. The molecule has 0 heterocycles. The molecule has 0 bridgehead atoms. The molecule has 0 aromatic heterocycles. The Morgan fingerprint density at radius 2 is 1.56 bits per heavy atom. The van der Waals surface area contributed by atoms with Crippen molar-refractivity contribution in [3.63, 3.8) is 0 Å². The number of hydrogen-bond donors (Lipinski definition) is 1. The van der Waals surface area contributed by atoms with Crippen molar-refractivity contribution in [3.05, 3.63) is 0 Å². The summed E-state index contributed by atoms with van der Waals surface area (Å²) >= 11 is 0. The van der Waals surface area contributed by atoms with Gasteiger partial charge in [-0.05, 0) is 19.3 Å². The van der Waals surface area contributed by atoms with Crippen LogP contribution >= 0.6 is 0 Å². The number of amides is 1. The molecule has 0 rings (SSSR count). The first-order valence-electron chi connectivity index (χ1n) is 7.37. The van der Waals surface area contributed by atoms with Gasteiger partial charge in [-0.2, -0.15) is 0 Å². The molecule has 0 aliphatic rings. The number of hydrogen-bond acceptors (Lipinski definition) is 2. The number of Topliss-reactive ketones (excluding diaryl/α,β-unsaturated/α-hetero) is 1. The Morgan fingerprint density at radius 1 is 0.944 bits per heavy atom. The molecule has 3 heteroatoms. The number of ketones is 1. The number of rotatable bonds is 11. The van der Waals surface area contributed by atoms with Crippen molar-refractivity contribution >= 4 is 11.7 Å². The van der Waals surface area contributed by atoms with Gasteiger partial charge in [0, 0.05) is 25.3 Å². The lowest BCUT2D eigenvalue weighted by Gasteiger charge is -2.07. The fourth-order valence-corrected chi connectivity index (χ4v) is 1.80. The van der Waals surface area contributed by atoms with E-state index in [1.54, 1.807) is 0 Å². The standard InChI is InChI=1S/C15H29NO2/c1-4-10-14(17)11-8-6-5-7-9-12-16-15(18)13(2)3/h13H,4-12H2,1-3H3,(H,16,18). The second-order valence-electron chi connectivity index (χ2n) is 5.25. The van der Waals surface area contributed by atoms with Crippen molar-refractivity contribution in [1.29, 1.82) is 0 Å². The van der Waals surface area contributed by atoms with E-state index in [-0.39, 0.29) is 11.8 Å². The zero-order chi connectivity index (χ0) is 13.8. The SMILES string of the molecule is CCCC(=O)CCCCCCCNC(=O)C(C)C. The van der Waals surface area contributed by atoms with Crippen LogP contribution < -0.4 is 5.32 Å². The molecule has 0 spiro atoms. The van der Waals surface area contributed by atoms with Crippen molar-refractivity contribution in [2.24, 2.45) is 5.92 Å². The molecular formula is C15H29NO2. The topological polar surface area (TPSA) is 46.2 Å². The van der Waals surface area contributed by atoms with E-state index in [0.717, 1.165) is 57.9 Å². The van der Waals surface area contributed by atoms with E-state index in [1.807, 2.05) is 20.8 Å². The largest absolute Gasteiger partial charge is 0.356 e. The molecule has 1 N–H and O–H groups in total. The highest BCUT2D eigenvalue weighted by Gasteiger charge is 2.04. The lowest BCUT2D eigenvalue weighted by atomic mass is 10.1. The molecule has 0 aliphatic carbocycles. The summed E-state index contributed by atoms with van der Waals surface area (Å²) in [6, 6.07) is 0. The van der Waals surface area contributed by atoms with Gasteiger partial charge in [-0.1, -0.05) is 40.0 Å². The Labute approximate surface area is 112 Å². The van der Waals surface area contributed by atoms with Gasteiger partial charge in [0.1, 0.15) is 5.78 Å². The Hall–Kier alpha value is -0.860. The molecule has 0 unspecified atom stereocenters. The van der Waals surface area contributed by atoms with E-state index in [9.17, 15) is 9.59 Å². The first-order valence-corrected chi connectivity index (χ1v) is 7.37. The van der Waals surface area contributed by atoms with E-state index >= 15 is 0 Å². The fraction of sp³-hybridized carbons (Fsp3) is 0.867. The highest BCUT2D eigenvalue weighted by atomic mass is 16.1. The van der Waals surface area contributed by atoms with Crippen LogP contribution in [-0.4, -0.2) is 18.2 Å². The molecule has 0 saturated carbocycles. The minimum absolute atomic E-state index is 0.0783. The average molecular weight is 255 g/mol. The van der Waals surface area contributed by atoms with Gasteiger partial charge in [0.25, 0.3) is 0 Å². The van der Waals surface area contributed by atoms with Crippen LogP contribution in [0.2, 0.25) is 0 Å². The van der Waals surface area contributed by atoms with Crippen molar-refractivity contribution in [1.82, 2.24) is 5.32 Å². The summed E-state index contributed by atoms with van der Waals surface area (Å²) in [6.45, 7) is 6.64. The predicted molar refractivity (Wildman–Crippen MR) is 75.5 cm³/mol. The van der Waals surface area contributed by atoms with Crippen LogP contribution in [0.4, 0.5) is 0 Å². The smallest absolute Gasteiger partial charge is 0.222 e. The molecule has 3 nitrogen and oxygen atoms in total. The summed E-state index contributed by atoms with van der Waals surface area (Å²) in [5.41, 5.74) is 0. The molecular weight excluding hydrogens is 226 g/mol. The molecule has 18 heavy (non-hydrogen) atoms. The molecule has 0 saturated heterocycles.